The number of halogens is 4. The molecule has 0 heterocycles. The molecule has 0 amide bonds. The van der Waals surface area contributed by atoms with Crippen LogP contribution in [0.2, 0.25) is 0 Å². The first-order valence-electron chi connectivity index (χ1n) is 3.83. The summed E-state index contributed by atoms with van der Waals surface area (Å²) in [6.07, 6.45) is -1.26. The zero-order chi connectivity index (χ0) is 10.9. The Morgan fingerprint density at radius 3 is 2.36 bits per heavy atom. The SMILES string of the molecule is Cc1cc(C(O)C(Cl)(Cl)Cl)ccc1F. The fourth-order valence-electron chi connectivity index (χ4n) is 1.03. The van der Waals surface area contributed by atoms with Gasteiger partial charge in [-0.3, -0.25) is 0 Å². The summed E-state index contributed by atoms with van der Waals surface area (Å²) in [6.45, 7) is 1.57. The van der Waals surface area contributed by atoms with E-state index in [2.05, 4.69) is 0 Å². The zero-order valence-electron chi connectivity index (χ0n) is 7.27. The number of rotatable bonds is 1. The van der Waals surface area contributed by atoms with Gasteiger partial charge in [-0.05, 0) is 24.1 Å². The number of alkyl halides is 3. The average molecular weight is 258 g/mol. The van der Waals surface area contributed by atoms with E-state index >= 15 is 0 Å². The van der Waals surface area contributed by atoms with Crippen LogP contribution < -0.4 is 0 Å². The third-order valence-electron chi connectivity index (χ3n) is 1.81. The molecular formula is C9H8Cl3FO. The molecule has 0 bridgehead atoms. The Hall–Kier alpha value is -0.0200. The maximum absolute atomic E-state index is 12.9. The molecule has 0 saturated carbocycles. The molecule has 1 unspecified atom stereocenters. The van der Waals surface area contributed by atoms with Crippen molar-refractivity contribution in [1.82, 2.24) is 0 Å². The van der Waals surface area contributed by atoms with Crippen LogP contribution in [-0.2, 0) is 0 Å². The van der Waals surface area contributed by atoms with Gasteiger partial charge >= 0.3 is 0 Å². The summed E-state index contributed by atoms with van der Waals surface area (Å²) in [7, 11) is 0. The van der Waals surface area contributed by atoms with E-state index in [1.54, 1.807) is 6.92 Å². The quantitative estimate of drug-likeness (QED) is 0.763. The van der Waals surface area contributed by atoms with Crippen molar-refractivity contribution in [2.45, 2.75) is 16.8 Å². The molecule has 1 aromatic rings. The van der Waals surface area contributed by atoms with E-state index < -0.39 is 9.90 Å². The Morgan fingerprint density at radius 2 is 1.93 bits per heavy atom. The van der Waals surface area contributed by atoms with Crippen molar-refractivity contribution < 1.29 is 9.50 Å². The summed E-state index contributed by atoms with van der Waals surface area (Å²) >= 11 is 16.5. The fourth-order valence-corrected chi connectivity index (χ4v) is 1.40. The summed E-state index contributed by atoms with van der Waals surface area (Å²) in [5.74, 6) is -0.356. The van der Waals surface area contributed by atoms with Gasteiger partial charge in [0, 0.05) is 0 Å². The van der Waals surface area contributed by atoms with Gasteiger partial charge in [0.25, 0.3) is 0 Å². The summed E-state index contributed by atoms with van der Waals surface area (Å²) in [5, 5.41) is 9.55. The topological polar surface area (TPSA) is 20.2 Å². The van der Waals surface area contributed by atoms with Crippen molar-refractivity contribution in [3.05, 3.63) is 35.1 Å². The summed E-state index contributed by atoms with van der Waals surface area (Å²) in [4.78, 5) is 0. The number of aliphatic hydroxyl groups excluding tert-OH is 1. The normalized spacial score (nSPS) is 14.1. The molecule has 0 fully saturated rings. The molecule has 5 heteroatoms. The van der Waals surface area contributed by atoms with E-state index in [-0.39, 0.29) is 5.82 Å². The summed E-state index contributed by atoms with van der Waals surface area (Å²) < 4.78 is 11.1. The predicted molar refractivity (Wildman–Crippen MR) is 56.4 cm³/mol. The lowest BCUT2D eigenvalue weighted by atomic mass is 10.1. The van der Waals surface area contributed by atoms with E-state index in [1.807, 2.05) is 0 Å². The molecule has 0 aromatic heterocycles. The van der Waals surface area contributed by atoms with Crippen LogP contribution in [0, 0.1) is 12.7 Å². The van der Waals surface area contributed by atoms with Crippen LogP contribution in [0.4, 0.5) is 4.39 Å². The van der Waals surface area contributed by atoms with Gasteiger partial charge in [-0.15, -0.1) is 0 Å². The van der Waals surface area contributed by atoms with Gasteiger partial charge < -0.3 is 5.11 Å². The molecule has 14 heavy (non-hydrogen) atoms. The lowest BCUT2D eigenvalue weighted by Crippen LogP contribution is -2.16. The van der Waals surface area contributed by atoms with E-state index in [0.29, 0.717) is 11.1 Å². The second-order valence-electron chi connectivity index (χ2n) is 2.95. The van der Waals surface area contributed by atoms with E-state index in [0.717, 1.165) is 0 Å². The molecular weight excluding hydrogens is 249 g/mol. The van der Waals surface area contributed by atoms with Gasteiger partial charge in [-0.1, -0.05) is 46.9 Å². The summed E-state index contributed by atoms with van der Waals surface area (Å²) in [5.41, 5.74) is 0.778. The highest BCUT2D eigenvalue weighted by molar-refractivity contribution is 6.68. The number of aryl methyl sites for hydroxylation is 1. The zero-order valence-corrected chi connectivity index (χ0v) is 9.54. The van der Waals surface area contributed by atoms with Crippen LogP contribution in [0.25, 0.3) is 0 Å². The molecule has 1 atom stereocenters. The number of hydrogen-bond donors (Lipinski definition) is 1. The Bertz CT molecular complexity index is 335. The molecule has 1 aromatic carbocycles. The number of aliphatic hydroxyl groups is 1. The van der Waals surface area contributed by atoms with Gasteiger partial charge in [0.05, 0.1) is 0 Å². The highest BCUT2D eigenvalue weighted by Gasteiger charge is 2.32. The molecule has 0 aliphatic rings. The fraction of sp³-hybridized carbons (Fsp3) is 0.333. The smallest absolute Gasteiger partial charge is 0.220 e. The van der Waals surface area contributed by atoms with Crippen LogP contribution in [0.1, 0.15) is 17.2 Å². The molecule has 78 valence electrons. The van der Waals surface area contributed by atoms with Crippen LogP contribution in [0.3, 0.4) is 0 Å². The third kappa shape index (κ3) is 2.74. The largest absolute Gasteiger partial charge is 0.384 e. The summed E-state index contributed by atoms with van der Waals surface area (Å²) in [6, 6.07) is 4.06. The minimum atomic E-state index is -1.80. The molecule has 1 rings (SSSR count). The first kappa shape index (κ1) is 12.1. The molecule has 1 N–H and O–H groups in total. The van der Waals surface area contributed by atoms with Crippen molar-refractivity contribution in [2.75, 3.05) is 0 Å². The second-order valence-corrected chi connectivity index (χ2v) is 5.32. The van der Waals surface area contributed by atoms with Crippen LogP contribution in [0.5, 0.6) is 0 Å². The van der Waals surface area contributed by atoms with Crippen LogP contribution in [0.15, 0.2) is 18.2 Å². The highest BCUT2D eigenvalue weighted by Crippen LogP contribution is 2.39. The lowest BCUT2D eigenvalue weighted by molar-refractivity contribution is 0.182. The standard InChI is InChI=1S/C9H8Cl3FO/c1-5-4-6(2-3-7(5)13)8(14)9(10,11)12/h2-4,8,14H,1H3. The maximum atomic E-state index is 12.9. The van der Waals surface area contributed by atoms with E-state index in [4.69, 9.17) is 34.8 Å². The number of hydrogen-bond acceptors (Lipinski definition) is 1. The predicted octanol–water partition coefficient (Wildman–Crippen LogP) is 3.54. The van der Waals surface area contributed by atoms with Crippen molar-refractivity contribution >= 4 is 34.8 Å². The average Bonchev–Trinajstić information content (AvgIpc) is 2.07. The van der Waals surface area contributed by atoms with Gasteiger partial charge in [0.15, 0.2) is 0 Å². The van der Waals surface area contributed by atoms with Crippen molar-refractivity contribution in [2.24, 2.45) is 0 Å². The van der Waals surface area contributed by atoms with E-state index in [9.17, 15) is 9.50 Å². The minimum Gasteiger partial charge on any atom is -0.384 e. The van der Waals surface area contributed by atoms with Crippen molar-refractivity contribution in [1.29, 1.82) is 0 Å². The molecule has 1 nitrogen and oxygen atoms in total. The minimum absolute atomic E-state index is 0.356. The molecule has 0 aliphatic heterocycles. The maximum Gasteiger partial charge on any atom is 0.220 e. The first-order valence-corrected chi connectivity index (χ1v) is 4.96. The van der Waals surface area contributed by atoms with Crippen LogP contribution in [-0.4, -0.2) is 8.90 Å². The van der Waals surface area contributed by atoms with Gasteiger partial charge in [-0.25, -0.2) is 4.39 Å². The van der Waals surface area contributed by atoms with E-state index in [1.165, 1.54) is 18.2 Å². The molecule has 0 spiro atoms. The Balaban J connectivity index is 3.03. The van der Waals surface area contributed by atoms with Gasteiger partial charge in [0.1, 0.15) is 11.9 Å². The van der Waals surface area contributed by atoms with Crippen molar-refractivity contribution in [3.8, 4) is 0 Å². The monoisotopic (exact) mass is 256 g/mol. The van der Waals surface area contributed by atoms with Crippen LogP contribution >= 0.6 is 34.8 Å². The Labute approximate surface area is 96.4 Å². The lowest BCUT2D eigenvalue weighted by Gasteiger charge is -2.19. The number of benzene rings is 1. The Kier molecular flexibility index (Phi) is 3.64. The molecule has 0 radical (unpaired) electrons. The van der Waals surface area contributed by atoms with Crippen molar-refractivity contribution in [3.63, 3.8) is 0 Å². The second kappa shape index (κ2) is 4.23. The Morgan fingerprint density at radius 1 is 1.36 bits per heavy atom. The van der Waals surface area contributed by atoms with Gasteiger partial charge in [-0.2, -0.15) is 0 Å². The third-order valence-corrected chi connectivity index (χ3v) is 2.43. The molecule has 0 aliphatic carbocycles. The van der Waals surface area contributed by atoms with Gasteiger partial charge in [0.2, 0.25) is 3.79 Å². The highest BCUT2D eigenvalue weighted by atomic mass is 35.6. The molecule has 0 saturated heterocycles. The first-order chi connectivity index (χ1) is 6.32.